The number of sulfonamides is 1. The molecule has 0 saturated carbocycles. The first-order chi connectivity index (χ1) is 9.55. The molecule has 0 spiro atoms. The number of hydrogen-bond acceptors (Lipinski definition) is 7. The first-order valence-electron chi connectivity index (χ1n) is 6.13. The van der Waals surface area contributed by atoms with Gasteiger partial charge in [0, 0.05) is 4.88 Å². The number of nitrogens with zero attached hydrogens (tertiary/aromatic N) is 2. The highest BCUT2D eigenvalue weighted by molar-refractivity contribution is 7.94. The molecule has 6 nitrogen and oxygen atoms in total. The average molecular weight is 332 g/mol. The number of rotatable bonds is 7. The van der Waals surface area contributed by atoms with Gasteiger partial charge in [-0.2, -0.15) is 0 Å². The maximum atomic E-state index is 12.2. The molecule has 2 aromatic rings. The molecule has 0 unspecified atom stereocenters. The van der Waals surface area contributed by atoms with E-state index in [2.05, 4.69) is 20.2 Å². The number of likely N-dealkylation sites (N-methyl/N-ethyl adjacent to an activating group) is 1. The van der Waals surface area contributed by atoms with Gasteiger partial charge >= 0.3 is 0 Å². The molecule has 0 aliphatic carbocycles. The van der Waals surface area contributed by atoms with Gasteiger partial charge in [-0.05, 0) is 38.6 Å². The van der Waals surface area contributed by atoms with Crippen molar-refractivity contribution in [2.75, 3.05) is 18.3 Å². The molecule has 0 radical (unpaired) electrons. The van der Waals surface area contributed by atoms with Gasteiger partial charge in [0.15, 0.2) is 0 Å². The first-order valence-corrected chi connectivity index (χ1v) is 9.25. The van der Waals surface area contributed by atoms with Gasteiger partial charge in [0.2, 0.25) is 5.13 Å². The standard InChI is InChI=1S/C11H16N4O2S3/c1-3-9-13-14-11(19-9)15-20(16,17)10-5-4-8(18-10)6-7-12-2/h4-5,12H,3,6-7H2,1-2H3,(H,14,15). The zero-order valence-electron chi connectivity index (χ0n) is 11.2. The van der Waals surface area contributed by atoms with E-state index in [-0.39, 0.29) is 0 Å². The van der Waals surface area contributed by atoms with E-state index in [9.17, 15) is 8.42 Å². The van der Waals surface area contributed by atoms with Crippen molar-refractivity contribution in [1.82, 2.24) is 15.5 Å². The molecule has 0 saturated heterocycles. The molecule has 110 valence electrons. The lowest BCUT2D eigenvalue weighted by molar-refractivity contribution is 0.603. The lowest BCUT2D eigenvalue weighted by atomic mass is 10.3. The summed E-state index contributed by atoms with van der Waals surface area (Å²) in [6, 6.07) is 3.47. The van der Waals surface area contributed by atoms with Crippen LogP contribution in [-0.2, 0) is 22.9 Å². The Kier molecular flexibility index (Phi) is 5.08. The molecule has 0 fully saturated rings. The minimum Gasteiger partial charge on any atom is -0.319 e. The normalized spacial score (nSPS) is 11.7. The number of hydrogen-bond donors (Lipinski definition) is 2. The predicted octanol–water partition coefficient (Wildman–Crippen LogP) is 1.72. The maximum Gasteiger partial charge on any atom is 0.273 e. The van der Waals surface area contributed by atoms with Gasteiger partial charge in [0.25, 0.3) is 10.0 Å². The first kappa shape index (κ1) is 15.4. The van der Waals surface area contributed by atoms with Crippen molar-refractivity contribution in [2.45, 2.75) is 24.0 Å². The van der Waals surface area contributed by atoms with Crippen LogP contribution in [0.2, 0.25) is 0 Å². The van der Waals surface area contributed by atoms with Crippen molar-refractivity contribution >= 4 is 37.8 Å². The highest BCUT2D eigenvalue weighted by atomic mass is 32.2. The van der Waals surface area contributed by atoms with Crippen molar-refractivity contribution in [1.29, 1.82) is 0 Å². The Balaban J connectivity index is 2.11. The monoisotopic (exact) mass is 332 g/mol. The fraction of sp³-hybridized carbons (Fsp3) is 0.455. The van der Waals surface area contributed by atoms with Crippen LogP contribution in [0.25, 0.3) is 0 Å². The molecule has 0 amide bonds. The second kappa shape index (κ2) is 6.61. The molecule has 20 heavy (non-hydrogen) atoms. The molecule has 0 aliphatic rings. The number of anilines is 1. The van der Waals surface area contributed by atoms with Crippen LogP contribution in [0.3, 0.4) is 0 Å². The van der Waals surface area contributed by atoms with Gasteiger partial charge in [-0.25, -0.2) is 8.42 Å². The largest absolute Gasteiger partial charge is 0.319 e. The molecule has 2 heterocycles. The van der Waals surface area contributed by atoms with E-state index in [0.717, 1.165) is 29.3 Å². The van der Waals surface area contributed by atoms with Gasteiger partial charge in [0.1, 0.15) is 9.22 Å². The van der Waals surface area contributed by atoms with Crippen LogP contribution in [0.5, 0.6) is 0 Å². The number of nitrogens with one attached hydrogen (secondary N) is 2. The summed E-state index contributed by atoms with van der Waals surface area (Å²) in [5, 5.41) is 11.9. The Morgan fingerprint density at radius 2 is 2.05 bits per heavy atom. The summed E-state index contributed by atoms with van der Waals surface area (Å²) in [7, 11) is -1.69. The van der Waals surface area contributed by atoms with Gasteiger partial charge in [-0.1, -0.05) is 18.3 Å². The van der Waals surface area contributed by atoms with E-state index in [1.807, 2.05) is 20.0 Å². The minimum absolute atomic E-state index is 0.303. The van der Waals surface area contributed by atoms with Crippen LogP contribution in [0.15, 0.2) is 16.3 Å². The SMILES string of the molecule is CCc1nnc(NS(=O)(=O)c2ccc(CCNC)s2)s1. The number of thiophene rings is 1. The highest BCUT2D eigenvalue weighted by Crippen LogP contribution is 2.25. The molecule has 0 bridgehead atoms. The molecule has 0 aromatic carbocycles. The Morgan fingerprint density at radius 1 is 1.25 bits per heavy atom. The van der Waals surface area contributed by atoms with E-state index >= 15 is 0 Å². The average Bonchev–Trinajstić information content (AvgIpc) is 3.04. The van der Waals surface area contributed by atoms with Crippen LogP contribution >= 0.6 is 22.7 Å². The van der Waals surface area contributed by atoms with Crippen molar-refractivity contribution in [3.63, 3.8) is 0 Å². The van der Waals surface area contributed by atoms with Gasteiger partial charge in [0.05, 0.1) is 0 Å². The van der Waals surface area contributed by atoms with Crippen LogP contribution in [-0.4, -0.2) is 32.2 Å². The van der Waals surface area contributed by atoms with E-state index in [1.165, 1.54) is 22.7 Å². The molecule has 0 aliphatic heterocycles. The molecular weight excluding hydrogens is 316 g/mol. The summed E-state index contributed by atoms with van der Waals surface area (Å²) in [4.78, 5) is 1.03. The fourth-order valence-electron chi connectivity index (χ4n) is 1.49. The summed E-state index contributed by atoms with van der Waals surface area (Å²) < 4.78 is 27.2. The second-order valence-electron chi connectivity index (χ2n) is 4.03. The Hall–Kier alpha value is -1.03. The van der Waals surface area contributed by atoms with Gasteiger partial charge in [-0.3, -0.25) is 4.72 Å². The topological polar surface area (TPSA) is 84.0 Å². The third-order valence-corrected chi connectivity index (χ3v) is 6.60. The predicted molar refractivity (Wildman–Crippen MR) is 82.0 cm³/mol. The third kappa shape index (κ3) is 3.75. The van der Waals surface area contributed by atoms with Gasteiger partial charge in [-0.15, -0.1) is 21.5 Å². The van der Waals surface area contributed by atoms with Gasteiger partial charge < -0.3 is 5.32 Å². The summed E-state index contributed by atoms with van der Waals surface area (Å²) in [5.41, 5.74) is 0. The van der Waals surface area contributed by atoms with Crippen molar-refractivity contribution in [3.8, 4) is 0 Å². The number of aryl methyl sites for hydroxylation is 1. The summed E-state index contributed by atoms with van der Waals surface area (Å²) >= 11 is 2.53. The van der Waals surface area contributed by atoms with Crippen molar-refractivity contribution < 1.29 is 8.42 Å². The zero-order valence-corrected chi connectivity index (χ0v) is 13.7. The molecule has 2 N–H and O–H groups in total. The van der Waals surface area contributed by atoms with Crippen LogP contribution < -0.4 is 10.0 Å². The van der Waals surface area contributed by atoms with Crippen molar-refractivity contribution in [2.24, 2.45) is 0 Å². The quantitative estimate of drug-likeness (QED) is 0.806. The van der Waals surface area contributed by atoms with E-state index < -0.39 is 10.0 Å². The fourth-order valence-corrected chi connectivity index (χ4v) is 4.75. The summed E-state index contributed by atoms with van der Waals surface area (Å²) in [5.74, 6) is 0. The smallest absolute Gasteiger partial charge is 0.273 e. The van der Waals surface area contributed by atoms with E-state index in [1.54, 1.807) is 6.07 Å². The minimum atomic E-state index is -3.56. The summed E-state index contributed by atoms with van der Waals surface area (Å²) in [6.07, 6.45) is 1.56. The Labute approximate surface area is 126 Å². The molecule has 9 heteroatoms. The summed E-state index contributed by atoms with van der Waals surface area (Å²) in [6.45, 7) is 2.77. The molecule has 0 atom stereocenters. The maximum absolute atomic E-state index is 12.2. The van der Waals surface area contributed by atoms with Crippen molar-refractivity contribution in [3.05, 3.63) is 22.0 Å². The molecular formula is C11H16N4O2S3. The molecule has 2 aromatic heterocycles. The van der Waals surface area contributed by atoms with E-state index in [4.69, 9.17) is 0 Å². The lowest BCUT2D eigenvalue weighted by Crippen LogP contribution is -2.11. The third-order valence-electron chi connectivity index (χ3n) is 2.51. The number of aromatic nitrogens is 2. The van der Waals surface area contributed by atoms with Crippen LogP contribution in [0, 0.1) is 0 Å². The Bertz CT molecular complexity index is 663. The zero-order chi connectivity index (χ0) is 14.6. The highest BCUT2D eigenvalue weighted by Gasteiger charge is 2.19. The Morgan fingerprint density at radius 3 is 2.70 bits per heavy atom. The van der Waals surface area contributed by atoms with Crippen LogP contribution in [0.1, 0.15) is 16.8 Å². The second-order valence-corrected chi connectivity index (χ2v) is 8.17. The molecule has 2 rings (SSSR count). The van der Waals surface area contributed by atoms with Crippen LogP contribution in [0.4, 0.5) is 5.13 Å². The lowest BCUT2D eigenvalue weighted by Gasteiger charge is -2.01. The van der Waals surface area contributed by atoms with E-state index in [0.29, 0.717) is 9.34 Å².